The van der Waals surface area contributed by atoms with Crippen LogP contribution in [-0.4, -0.2) is 22.3 Å². The number of nitrogens with zero attached hydrogens (tertiary/aromatic N) is 3. The zero-order valence-corrected chi connectivity index (χ0v) is 11.7. The van der Waals surface area contributed by atoms with E-state index in [4.69, 9.17) is 10.00 Å². The molecular weight excluding hydrogens is 268 g/mol. The van der Waals surface area contributed by atoms with E-state index in [1.165, 1.54) is 0 Å². The Balaban J connectivity index is 1.92. The van der Waals surface area contributed by atoms with Gasteiger partial charge in [-0.2, -0.15) is 10.4 Å². The Labute approximate surface area is 123 Å². The van der Waals surface area contributed by atoms with Gasteiger partial charge in [-0.05, 0) is 19.1 Å². The van der Waals surface area contributed by atoms with Crippen molar-refractivity contribution in [3.63, 3.8) is 0 Å². The highest BCUT2D eigenvalue weighted by Gasteiger charge is 2.09. The Morgan fingerprint density at radius 1 is 1.43 bits per heavy atom. The van der Waals surface area contributed by atoms with Crippen LogP contribution in [0.2, 0.25) is 0 Å². The molecule has 0 spiro atoms. The number of ether oxygens (including phenoxy) is 1. The highest BCUT2D eigenvalue weighted by atomic mass is 16.5. The molecule has 0 aliphatic heterocycles. The molecule has 1 N–H and O–H groups in total. The minimum absolute atomic E-state index is 0.0769. The predicted octanol–water partition coefficient (Wildman–Crippen LogP) is 2.12. The van der Waals surface area contributed by atoms with Crippen LogP contribution in [0, 0.1) is 18.3 Å². The van der Waals surface area contributed by atoms with Crippen LogP contribution in [0.4, 0.5) is 5.82 Å². The van der Waals surface area contributed by atoms with Gasteiger partial charge in [-0.3, -0.25) is 4.79 Å². The molecule has 0 aliphatic carbocycles. The first-order valence-corrected chi connectivity index (χ1v) is 6.58. The highest BCUT2D eigenvalue weighted by molar-refractivity contribution is 5.91. The van der Waals surface area contributed by atoms with Crippen LogP contribution in [0.25, 0.3) is 0 Å². The number of nitrogens with one attached hydrogen (secondary N) is 1. The quantitative estimate of drug-likeness (QED) is 0.881. The number of nitriles is 1. The third-order valence-electron chi connectivity index (χ3n) is 2.72. The van der Waals surface area contributed by atoms with Crippen molar-refractivity contribution in [3.05, 3.63) is 42.1 Å². The number of amides is 1. The molecule has 6 nitrogen and oxygen atoms in total. The Morgan fingerprint density at radius 2 is 2.19 bits per heavy atom. The largest absolute Gasteiger partial charge is 0.484 e. The summed E-state index contributed by atoms with van der Waals surface area (Å²) < 4.78 is 6.98. The fourth-order valence-electron chi connectivity index (χ4n) is 1.82. The van der Waals surface area contributed by atoms with E-state index in [1.54, 1.807) is 22.9 Å². The smallest absolute Gasteiger partial charge is 0.263 e. The summed E-state index contributed by atoms with van der Waals surface area (Å²) in [5.41, 5.74) is 0.784. The van der Waals surface area contributed by atoms with Crippen LogP contribution in [0.3, 0.4) is 0 Å². The molecule has 108 valence electrons. The standard InChI is InChI=1S/C15H16N4O2/c1-12-10-14(19(18-12)9-5-8-16)17-15(20)11-21-13-6-3-2-4-7-13/h2-4,6-7,10H,5,9,11H2,1H3,(H,17,20). The van der Waals surface area contributed by atoms with E-state index in [-0.39, 0.29) is 12.5 Å². The maximum absolute atomic E-state index is 11.9. The lowest BCUT2D eigenvalue weighted by molar-refractivity contribution is -0.118. The summed E-state index contributed by atoms with van der Waals surface area (Å²) in [6.45, 7) is 2.20. The van der Waals surface area contributed by atoms with Gasteiger partial charge < -0.3 is 10.1 Å². The molecular formula is C15H16N4O2. The van der Waals surface area contributed by atoms with Crippen molar-refractivity contribution in [1.29, 1.82) is 5.26 Å². The van der Waals surface area contributed by atoms with Crippen molar-refractivity contribution in [2.24, 2.45) is 0 Å². The van der Waals surface area contributed by atoms with Gasteiger partial charge in [-0.1, -0.05) is 18.2 Å². The van der Waals surface area contributed by atoms with Crippen molar-refractivity contribution in [3.8, 4) is 11.8 Å². The molecule has 1 amide bonds. The molecule has 0 saturated carbocycles. The average molecular weight is 284 g/mol. The van der Waals surface area contributed by atoms with Gasteiger partial charge in [0, 0.05) is 6.07 Å². The fraction of sp³-hybridized carbons (Fsp3) is 0.267. The summed E-state index contributed by atoms with van der Waals surface area (Å²) >= 11 is 0. The molecule has 1 aromatic heterocycles. The van der Waals surface area contributed by atoms with Gasteiger partial charge in [0.1, 0.15) is 11.6 Å². The molecule has 0 atom stereocenters. The minimum atomic E-state index is -0.267. The van der Waals surface area contributed by atoms with Gasteiger partial charge in [0.15, 0.2) is 6.61 Å². The SMILES string of the molecule is Cc1cc(NC(=O)COc2ccccc2)n(CCC#N)n1. The zero-order chi connectivity index (χ0) is 15.1. The number of carbonyl (C=O) groups excluding carboxylic acids is 1. The number of hydrogen-bond donors (Lipinski definition) is 1. The third kappa shape index (κ3) is 4.35. The summed E-state index contributed by atoms with van der Waals surface area (Å²) in [7, 11) is 0. The number of rotatable bonds is 6. The molecule has 0 radical (unpaired) electrons. The van der Waals surface area contributed by atoms with E-state index in [0.29, 0.717) is 24.5 Å². The summed E-state index contributed by atoms with van der Waals surface area (Å²) in [6, 6.07) is 12.9. The molecule has 2 rings (SSSR count). The van der Waals surface area contributed by atoms with Gasteiger partial charge in [0.05, 0.1) is 24.7 Å². The molecule has 1 aromatic carbocycles. The summed E-state index contributed by atoms with van der Waals surface area (Å²) in [4.78, 5) is 11.9. The maximum Gasteiger partial charge on any atom is 0.263 e. The number of hydrogen-bond acceptors (Lipinski definition) is 4. The van der Waals surface area contributed by atoms with Crippen LogP contribution < -0.4 is 10.1 Å². The monoisotopic (exact) mass is 284 g/mol. The summed E-state index contributed by atoms with van der Waals surface area (Å²) in [5, 5.41) is 15.6. The van der Waals surface area contributed by atoms with Gasteiger partial charge >= 0.3 is 0 Å². The van der Waals surface area contributed by atoms with Crippen molar-refractivity contribution >= 4 is 11.7 Å². The van der Waals surface area contributed by atoms with Crippen molar-refractivity contribution < 1.29 is 9.53 Å². The second-order valence-electron chi connectivity index (χ2n) is 4.45. The summed E-state index contributed by atoms with van der Waals surface area (Å²) in [5.74, 6) is 0.947. The maximum atomic E-state index is 11.9. The Morgan fingerprint density at radius 3 is 2.90 bits per heavy atom. The van der Waals surface area contributed by atoms with E-state index < -0.39 is 0 Å². The van der Waals surface area contributed by atoms with Gasteiger partial charge in [0.2, 0.25) is 0 Å². The van der Waals surface area contributed by atoms with E-state index >= 15 is 0 Å². The Bertz CT molecular complexity index is 643. The van der Waals surface area contributed by atoms with Crippen LogP contribution in [-0.2, 0) is 11.3 Å². The second-order valence-corrected chi connectivity index (χ2v) is 4.45. The second kappa shape index (κ2) is 7.10. The minimum Gasteiger partial charge on any atom is -0.484 e. The molecule has 21 heavy (non-hydrogen) atoms. The zero-order valence-electron chi connectivity index (χ0n) is 11.7. The van der Waals surface area contributed by atoms with Gasteiger partial charge in [0.25, 0.3) is 5.91 Å². The lowest BCUT2D eigenvalue weighted by atomic mass is 10.3. The van der Waals surface area contributed by atoms with Crippen LogP contribution >= 0.6 is 0 Å². The topological polar surface area (TPSA) is 79.9 Å². The van der Waals surface area contributed by atoms with Crippen LogP contribution in [0.15, 0.2) is 36.4 Å². The first-order valence-electron chi connectivity index (χ1n) is 6.58. The van der Waals surface area contributed by atoms with E-state index in [2.05, 4.69) is 16.5 Å². The van der Waals surface area contributed by atoms with E-state index in [0.717, 1.165) is 5.69 Å². The van der Waals surface area contributed by atoms with Gasteiger partial charge in [-0.15, -0.1) is 0 Å². The van der Waals surface area contributed by atoms with Crippen LogP contribution in [0.5, 0.6) is 5.75 Å². The Kier molecular flexibility index (Phi) is 4.94. The Hall–Kier alpha value is -2.81. The average Bonchev–Trinajstić information content (AvgIpc) is 2.83. The van der Waals surface area contributed by atoms with Crippen LogP contribution in [0.1, 0.15) is 12.1 Å². The molecule has 1 heterocycles. The number of para-hydroxylation sites is 1. The normalized spacial score (nSPS) is 9.90. The fourth-order valence-corrected chi connectivity index (χ4v) is 1.82. The number of aryl methyl sites for hydroxylation is 2. The number of aromatic nitrogens is 2. The van der Waals surface area contributed by atoms with Crippen molar-refractivity contribution in [2.75, 3.05) is 11.9 Å². The molecule has 0 bridgehead atoms. The number of carbonyl (C=O) groups is 1. The summed E-state index contributed by atoms with van der Waals surface area (Å²) in [6.07, 6.45) is 0.338. The first kappa shape index (κ1) is 14.6. The third-order valence-corrected chi connectivity index (χ3v) is 2.72. The predicted molar refractivity (Wildman–Crippen MR) is 77.8 cm³/mol. The highest BCUT2D eigenvalue weighted by Crippen LogP contribution is 2.12. The molecule has 0 fully saturated rings. The lowest BCUT2D eigenvalue weighted by Crippen LogP contribution is -2.22. The lowest BCUT2D eigenvalue weighted by Gasteiger charge is -2.08. The molecule has 0 saturated heterocycles. The first-order chi connectivity index (χ1) is 10.2. The van der Waals surface area contributed by atoms with Crippen molar-refractivity contribution in [2.45, 2.75) is 19.9 Å². The molecule has 0 unspecified atom stereocenters. The molecule has 6 heteroatoms. The van der Waals surface area contributed by atoms with E-state index in [9.17, 15) is 4.79 Å². The number of anilines is 1. The molecule has 2 aromatic rings. The number of benzene rings is 1. The van der Waals surface area contributed by atoms with Gasteiger partial charge in [-0.25, -0.2) is 4.68 Å². The van der Waals surface area contributed by atoms with Crippen molar-refractivity contribution in [1.82, 2.24) is 9.78 Å². The van der Waals surface area contributed by atoms with E-state index in [1.807, 2.05) is 25.1 Å². The molecule has 0 aliphatic rings.